The van der Waals surface area contributed by atoms with Crippen LogP contribution in [0.2, 0.25) is 5.02 Å². The lowest BCUT2D eigenvalue weighted by Crippen LogP contribution is -2.17. The van der Waals surface area contributed by atoms with E-state index in [9.17, 15) is 9.59 Å². The van der Waals surface area contributed by atoms with E-state index in [1.54, 1.807) is 72.8 Å². The van der Waals surface area contributed by atoms with E-state index in [-0.39, 0.29) is 5.91 Å². The van der Waals surface area contributed by atoms with E-state index in [4.69, 9.17) is 16.3 Å². The Kier molecular flexibility index (Phi) is 5.97. The number of carbonyl (C=O) groups excluding carboxylic acids is 2. The Labute approximate surface area is 161 Å². The molecule has 6 heteroatoms. The molecule has 0 atom stereocenters. The van der Waals surface area contributed by atoms with Gasteiger partial charge in [-0.1, -0.05) is 35.9 Å². The molecule has 5 nitrogen and oxygen atoms in total. The van der Waals surface area contributed by atoms with Crippen molar-refractivity contribution in [3.05, 3.63) is 101 Å². The maximum Gasteiger partial charge on any atom is 0.343 e. The molecule has 1 N–H and O–H groups in total. The summed E-state index contributed by atoms with van der Waals surface area (Å²) >= 11 is 5.87. The molecule has 0 saturated carbocycles. The summed E-state index contributed by atoms with van der Waals surface area (Å²) < 4.78 is 5.30. The minimum absolute atomic E-state index is 0.293. The van der Waals surface area contributed by atoms with Crippen molar-refractivity contribution in [1.29, 1.82) is 0 Å². The molecule has 3 aromatic carbocycles. The Morgan fingerprint density at radius 1 is 0.889 bits per heavy atom. The van der Waals surface area contributed by atoms with Crippen LogP contribution in [0.3, 0.4) is 0 Å². The van der Waals surface area contributed by atoms with Gasteiger partial charge in [0.1, 0.15) is 5.75 Å². The second-order valence-corrected chi connectivity index (χ2v) is 5.97. The molecule has 3 aromatic rings. The van der Waals surface area contributed by atoms with Gasteiger partial charge >= 0.3 is 5.97 Å². The van der Waals surface area contributed by atoms with Crippen molar-refractivity contribution in [1.82, 2.24) is 5.43 Å². The van der Waals surface area contributed by atoms with Gasteiger partial charge in [0.15, 0.2) is 0 Å². The minimum Gasteiger partial charge on any atom is -0.423 e. The molecule has 0 unspecified atom stereocenters. The van der Waals surface area contributed by atoms with E-state index in [2.05, 4.69) is 10.5 Å². The lowest BCUT2D eigenvalue weighted by atomic mass is 10.2. The smallest absolute Gasteiger partial charge is 0.343 e. The van der Waals surface area contributed by atoms with Gasteiger partial charge < -0.3 is 4.74 Å². The molecule has 1 amide bonds. The van der Waals surface area contributed by atoms with Crippen LogP contribution in [0.15, 0.2) is 84.0 Å². The molecule has 0 fully saturated rings. The predicted molar refractivity (Wildman–Crippen MR) is 104 cm³/mol. The number of carbonyl (C=O) groups is 2. The average molecular weight is 379 g/mol. The van der Waals surface area contributed by atoms with Crippen LogP contribution >= 0.6 is 11.6 Å². The fourth-order valence-electron chi connectivity index (χ4n) is 2.22. The van der Waals surface area contributed by atoms with E-state index in [0.29, 0.717) is 21.9 Å². The quantitative estimate of drug-likeness (QED) is 0.311. The van der Waals surface area contributed by atoms with Crippen molar-refractivity contribution in [3.8, 4) is 5.75 Å². The molecule has 0 spiro atoms. The summed E-state index contributed by atoms with van der Waals surface area (Å²) in [6, 6.07) is 22.1. The van der Waals surface area contributed by atoms with Crippen molar-refractivity contribution < 1.29 is 14.3 Å². The van der Waals surface area contributed by atoms with Gasteiger partial charge in [-0.15, -0.1) is 0 Å². The first kappa shape index (κ1) is 18.4. The Morgan fingerprint density at radius 2 is 1.59 bits per heavy atom. The van der Waals surface area contributed by atoms with Gasteiger partial charge in [0.25, 0.3) is 5.91 Å². The molecule has 0 bridgehead atoms. The number of nitrogens with zero attached hydrogens (tertiary/aromatic N) is 1. The Hall–Kier alpha value is -3.44. The third-order valence-corrected chi connectivity index (χ3v) is 3.80. The maximum atomic E-state index is 12.1. The molecule has 0 aliphatic carbocycles. The van der Waals surface area contributed by atoms with Crippen LogP contribution in [0, 0.1) is 0 Å². The van der Waals surface area contributed by atoms with Crippen molar-refractivity contribution >= 4 is 29.7 Å². The number of esters is 1. The highest BCUT2D eigenvalue weighted by molar-refractivity contribution is 6.30. The van der Waals surface area contributed by atoms with Gasteiger partial charge in [-0.2, -0.15) is 5.10 Å². The summed E-state index contributed by atoms with van der Waals surface area (Å²) in [5.41, 5.74) is 4.09. The van der Waals surface area contributed by atoms with Crippen molar-refractivity contribution in [2.45, 2.75) is 0 Å². The molecule has 27 heavy (non-hydrogen) atoms. The van der Waals surface area contributed by atoms with Gasteiger partial charge in [0.05, 0.1) is 11.8 Å². The summed E-state index contributed by atoms with van der Waals surface area (Å²) in [4.78, 5) is 24.0. The highest BCUT2D eigenvalue weighted by Gasteiger charge is 2.08. The number of amides is 1. The second kappa shape index (κ2) is 8.78. The number of rotatable bonds is 5. The van der Waals surface area contributed by atoms with Crippen LogP contribution in [0.1, 0.15) is 26.3 Å². The summed E-state index contributed by atoms with van der Waals surface area (Å²) in [6.45, 7) is 0. The van der Waals surface area contributed by atoms with E-state index < -0.39 is 5.97 Å². The van der Waals surface area contributed by atoms with Gasteiger partial charge in [-0.3, -0.25) is 4.79 Å². The van der Waals surface area contributed by atoms with Crippen LogP contribution in [0.5, 0.6) is 5.75 Å². The molecule has 3 rings (SSSR count). The molecular formula is C21H15ClN2O3. The summed E-state index contributed by atoms with van der Waals surface area (Å²) in [6.07, 6.45) is 1.50. The minimum atomic E-state index is -0.492. The number of hydrogen-bond donors (Lipinski definition) is 1. The van der Waals surface area contributed by atoms with Crippen LogP contribution in [0.25, 0.3) is 0 Å². The number of halogens is 1. The van der Waals surface area contributed by atoms with Crippen LogP contribution in [-0.2, 0) is 0 Å². The molecule has 0 aliphatic heterocycles. The van der Waals surface area contributed by atoms with Crippen molar-refractivity contribution in [3.63, 3.8) is 0 Å². The summed E-state index contributed by atoms with van der Waals surface area (Å²) in [7, 11) is 0. The first-order valence-electron chi connectivity index (χ1n) is 8.08. The van der Waals surface area contributed by atoms with Crippen molar-refractivity contribution in [2.24, 2.45) is 5.10 Å². The normalized spacial score (nSPS) is 10.6. The van der Waals surface area contributed by atoms with Crippen LogP contribution in [0.4, 0.5) is 0 Å². The molecule has 0 radical (unpaired) electrons. The summed E-state index contributed by atoms with van der Waals surface area (Å²) in [5, 5.41) is 4.39. The number of nitrogens with one attached hydrogen (secondary N) is 1. The SMILES string of the molecule is O=C(N/N=C/c1ccc(OC(=O)c2cccc(Cl)c2)cc1)c1ccccc1. The number of ether oxygens (including phenoxy) is 1. The molecule has 0 aromatic heterocycles. The Morgan fingerprint density at radius 3 is 2.30 bits per heavy atom. The first-order chi connectivity index (χ1) is 13.1. The molecular weight excluding hydrogens is 364 g/mol. The zero-order valence-electron chi connectivity index (χ0n) is 14.1. The van der Waals surface area contributed by atoms with E-state index in [1.807, 2.05) is 6.07 Å². The van der Waals surface area contributed by atoms with Gasteiger partial charge in [0, 0.05) is 10.6 Å². The fourth-order valence-corrected chi connectivity index (χ4v) is 2.41. The predicted octanol–water partition coefficient (Wildman–Crippen LogP) is 4.32. The lowest BCUT2D eigenvalue weighted by molar-refractivity contribution is 0.0734. The number of hydrogen-bond acceptors (Lipinski definition) is 4. The van der Waals surface area contributed by atoms with E-state index >= 15 is 0 Å². The van der Waals surface area contributed by atoms with Gasteiger partial charge in [-0.25, -0.2) is 10.2 Å². The van der Waals surface area contributed by atoms with Crippen LogP contribution < -0.4 is 10.2 Å². The van der Waals surface area contributed by atoms with Gasteiger partial charge in [-0.05, 0) is 60.2 Å². The standard InChI is InChI=1S/C21H15ClN2O3/c22-18-8-4-7-17(13-18)21(26)27-19-11-9-15(10-12-19)14-23-24-20(25)16-5-2-1-3-6-16/h1-14H,(H,24,25)/b23-14+. The van der Waals surface area contributed by atoms with Crippen LogP contribution in [-0.4, -0.2) is 18.1 Å². The third kappa shape index (κ3) is 5.26. The first-order valence-corrected chi connectivity index (χ1v) is 8.46. The Balaban J connectivity index is 1.57. The number of hydrazone groups is 1. The second-order valence-electron chi connectivity index (χ2n) is 5.53. The van der Waals surface area contributed by atoms with E-state index in [0.717, 1.165) is 5.56 Å². The topological polar surface area (TPSA) is 67.8 Å². The summed E-state index contributed by atoms with van der Waals surface area (Å²) in [5.74, 6) is -0.390. The molecule has 134 valence electrons. The average Bonchev–Trinajstić information content (AvgIpc) is 2.70. The third-order valence-electron chi connectivity index (χ3n) is 3.57. The highest BCUT2D eigenvalue weighted by Crippen LogP contribution is 2.16. The Bertz CT molecular complexity index is 970. The maximum absolute atomic E-state index is 12.1. The fraction of sp³-hybridized carbons (Fsp3) is 0. The molecule has 0 aliphatic rings. The van der Waals surface area contributed by atoms with Crippen molar-refractivity contribution in [2.75, 3.05) is 0 Å². The van der Waals surface area contributed by atoms with E-state index in [1.165, 1.54) is 6.21 Å². The highest BCUT2D eigenvalue weighted by atomic mass is 35.5. The zero-order chi connectivity index (χ0) is 19.1. The number of benzene rings is 3. The lowest BCUT2D eigenvalue weighted by Gasteiger charge is -2.05. The monoisotopic (exact) mass is 378 g/mol. The molecule has 0 saturated heterocycles. The largest absolute Gasteiger partial charge is 0.423 e. The zero-order valence-corrected chi connectivity index (χ0v) is 14.9. The molecule has 0 heterocycles. The van der Waals surface area contributed by atoms with Gasteiger partial charge in [0.2, 0.25) is 0 Å².